The van der Waals surface area contributed by atoms with Gasteiger partial charge in [0.05, 0.1) is 25.0 Å². The number of hydrogen-bond donors (Lipinski definition) is 1. The molecule has 0 aliphatic rings. The smallest absolute Gasteiger partial charge is 0.161 e. The van der Waals surface area contributed by atoms with Crippen molar-refractivity contribution in [3.8, 4) is 5.75 Å². The first-order valence-electron chi connectivity index (χ1n) is 6.17. The number of nitrogens with zero attached hydrogens (tertiary/aromatic N) is 2. The molecule has 98 valence electrons. The van der Waals surface area contributed by atoms with E-state index in [4.69, 9.17) is 15.2 Å². The highest BCUT2D eigenvalue weighted by Crippen LogP contribution is 2.25. The zero-order valence-corrected chi connectivity index (χ0v) is 11.0. The average molecular weight is 241 g/mol. The molecule has 0 radical (unpaired) electrons. The van der Waals surface area contributed by atoms with Gasteiger partial charge in [0.2, 0.25) is 0 Å². The van der Waals surface area contributed by atoms with Gasteiger partial charge in [0, 0.05) is 19.8 Å². The summed E-state index contributed by atoms with van der Waals surface area (Å²) in [4.78, 5) is 0. The van der Waals surface area contributed by atoms with E-state index >= 15 is 0 Å². The number of methoxy groups -OCH3 is 1. The topological polar surface area (TPSA) is 62.3 Å². The van der Waals surface area contributed by atoms with E-state index in [9.17, 15) is 0 Å². The first-order valence-corrected chi connectivity index (χ1v) is 6.17. The van der Waals surface area contributed by atoms with Gasteiger partial charge in [-0.15, -0.1) is 0 Å². The van der Waals surface area contributed by atoms with Gasteiger partial charge in [0.25, 0.3) is 0 Å². The van der Waals surface area contributed by atoms with Crippen LogP contribution < -0.4 is 10.5 Å². The predicted octanol–water partition coefficient (Wildman–Crippen LogP) is 1.73. The van der Waals surface area contributed by atoms with Crippen molar-refractivity contribution >= 4 is 0 Å². The zero-order valence-electron chi connectivity index (χ0n) is 11.0. The first kappa shape index (κ1) is 14.0. The van der Waals surface area contributed by atoms with Gasteiger partial charge in [-0.3, -0.25) is 4.68 Å². The molecule has 0 aromatic carbocycles. The highest BCUT2D eigenvalue weighted by atomic mass is 16.5. The third kappa shape index (κ3) is 3.71. The maximum Gasteiger partial charge on any atom is 0.161 e. The standard InChI is InChI=1S/C12H23N3O2/c1-4-7-15-12(11(16-3)9-14-15)10(13)6-8-17-5-2/h9-10H,4-8,13H2,1-3H3. The molecule has 0 saturated heterocycles. The Kier molecular flexibility index (Phi) is 6.00. The van der Waals surface area contributed by atoms with E-state index < -0.39 is 0 Å². The molecule has 1 unspecified atom stereocenters. The fourth-order valence-electron chi connectivity index (χ4n) is 1.79. The molecule has 1 rings (SSSR count). The number of hydrogen-bond acceptors (Lipinski definition) is 4. The van der Waals surface area contributed by atoms with Gasteiger partial charge < -0.3 is 15.2 Å². The third-order valence-electron chi connectivity index (χ3n) is 2.63. The Labute approximate surface area is 103 Å². The molecule has 0 aliphatic carbocycles. The van der Waals surface area contributed by atoms with Crippen LogP contribution in [0.1, 0.15) is 38.4 Å². The van der Waals surface area contributed by atoms with Crippen LogP contribution in [0, 0.1) is 0 Å². The molecule has 1 atom stereocenters. The average Bonchev–Trinajstić information content (AvgIpc) is 2.73. The minimum absolute atomic E-state index is 0.0921. The summed E-state index contributed by atoms with van der Waals surface area (Å²) in [5.74, 6) is 0.766. The van der Waals surface area contributed by atoms with E-state index in [2.05, 4.69) is 12.0 Å². The molecule has 5 heteroatoms. The summed E-state index contributed by atoms with van der Waals surface area (Å²) in [6.45, 7) is 6.34. The summed E-state index contributed by atoms with van der Waals surface area (Å²) in [7, 11) is 1.64. The summed E-state index contributed by atoms with van der Waals surface area (Å²) in [6, 6.07) is -0.0921. The molecule has 1 heterocycles. The summed E-state index contributed by atoms with van der Waals surface area (Å²) in [5.41, 5.74) is 7.13. The largest absolute Gasteiger partial charge is 0.493 e. The highest BCUT2D eigenvalue weighted by molar-refractivity contribution is 5.28. The maximum atomic E-state index is 6.17. The monoisotopic (exact) mass is 241 g/mol. The van der Waals surface area contributed by atoms with E-state index in [0.717, 1.165) is 37.4 Å². The summed E-state index contributed by atoms with van der Waals surface area (Å²) in [5, 5.41) is 4.30. The molecule has 0 saturated carbocycles. The van der Waals surface area contributed by atoms with E-state index in [1.807, 2.05) is 11.6 Å². The van der Waals surface area contributed by atoms with Gasteiger partial charge in [0.1, 0.15) is 0 Å². The Balaban J connectivity index is 2.73. The Morgan fingerprint density at radius 1 is 1.47 bits per heavy atom. The van der Waals surface area contributed by atoms with Crippen molar-refractivity contribution in [1.29, 1.82) is 0 Å². The van der Waals surface area contributed by atoms with Crippen LogP contribution in [-0.4, -0.2) is 30.1 Å². The SMILES string of the molecule is CCCn1ncc(OC)c1C(N)CCOCC. The molecule has 0 amide bonds. The Morgan fingerprint density at radius 3 is 2.82 bits per heavy atom. The molecule has 0 aliphatic heterocycles. The molecule has 17 heavy (non-hydrogen) atoms. The van der Waals surface area contributed by atoms with Crippen LogP contribution in [0.2, 0.25) is 0 Å². The van der Waals surface area contributed by atoms with E-state index in [1.165, 1.54) is 0 Å². The number of nitrogens with two attached hydrogens (primary N) is 1. The molecular weight excluding hydrogens is 218 g/mol. The minimum atomic E-state index is -0.0921. The highest BCUT2D eigenvalue weighted by Gasteiger charge is 2.18. The lowest BCUT2D eigenvalue weighted by atomic mass is 10.1. The first-order chi connectivity index (χ1) is 8.24. The van der Waals surface area contributed by atoms with Crippen molar-refractivity contribution in [3.05, 3.63) is 11.9 Å². The maximum absolute atomic E-state index is 6.17. The molecule has 0 fully saturated rings. The lowest BCUT2D eigenvalue weighted by molar-refractivity contribution is 0.139. The number of rotatable bonds is 8. The summed E-state index contributed by atoms with van der Waals surface area (Å²) in [6.07, 6.45) is 3.53. The van der Waals surface area contributed by atoms with Gasteiger partial charge >= 0.3 is 0 Å². The van der Waals surface area contributed by atoms with Gasteiger partial charge in [-0.05, 0) is 19.8 Å². The number of ether oxygens (including phenoxy) is 2. The van der Waals surface area contributed by atoms with Gasteiger partial charge in [-0.2, -0.15) is 5.10 Å². The van der Waals surface area contributed by atoms with Crippen LogP contribution in [0.4, 0.5) is 0 Å². The molecule has 0 bridgehead atoms. The predicted molar refractivity (Wildman–Crippen MR) is 67.1 cm³/mol. The van der Waals surface area contributed by atoms with E-state index in [1.54, 1.807) is 13.3 Å². The van der Waals surface area contributed by atoms with Crippen molar-refractivity contribution in [3.63, 3.8) is 0 Å². The normalized spacial score (nSPS) is 12.7. The summed E-state index contributed by atoms with van der Waals surface area (Å²) < 4.78 is 12.5. The fraction of sp³-hybridized carbons (Fsp3) is 0.750. The van der Waals surface area contributed by atoms with Crippen LogP contribution in [0.25, 0.3) is 0 Å². The third-order valence-corrected chi connectivity index (χ3v) is 2.63. The van der Waals surface area contributed by atoms with Crippen LogP contribution in [0.15, 0.2) is 6.20 Å². The lowest BCUT2D eigenvalue weighted by Crippen LogP contribution is -2.19. The van der Waals surface area contributed by atoms with Crippen LogP contribution in [-0.2, 0) is 11.3 Å². The molecule has 2 N–H and O–H groups in total. The van der Waals surface area contributed by atoms with Crippen molar-refractivity contribution in [2.24, 2.45) is 5.73 Å². The van der Waals surface area contributed by atoms with E-state index in [0.29, 0.717) is 6.61 Å². The summed E-state index contributed by atoms with van der Waals surface area (Å²) >= 11 is 0. The molecule has 1 aromatic heterocycles. The Hall–Kier alpha value is -1.07. The Morgan fingerprint density at radius 2 is 2.24 bits per heavy atom. The van der Waals surface area contributed by atoms with E-state index in [-0.39, 0.29) is 6.04 Å². The zero-order chi connectivity index (χ0) is 12.7. The van der Waals surface area contributed by atoms with Gasteiger partial charge in [0.15, 0.2) is 5.75 Å². The van der Waals surface area contributed by atoms with Gasteiger partial charge in [-0.1, -0.05) is 6.92 Å². The molecular formula is C12H23N3O2. The van der Waals surface area contributed by atoms with Crippen molar-refractivity contribution in [2.45, 2.75) is 39.3 Å². The molecule has 5 nitrogen and oxygen atoms in total. The molecule has 0 spiro atoms. The molecule has 1 aromatic rings. The van der Waals surface area contributed by atoms with Crippen molar-refractivity contribution < 1.29 is 9.47 Å². The van der Waals surface area contributed by atoms with Gasteiger partial charge in [-0.25, -0.2) is 0 Å². The number of aromatic nitrogens is 2. The second kappa shape index (κ2) is 7.29. The lowest BCUT2D eigenvalue weighted by Gasteiger charge is -2.15. The fourth-order valence-corrected chi connectivity index (χ4v) is 1.79. The quantitative estimate of drug-likeness (QED) is 0.704. The number of aryl methyl sites for hydroxylation is 1. The van der Waals surface area contributed by atoms with Crippen LogP contribution in [0.5, 0.6) is 5.75 Å². The Bertz CT molecular complexity index is 326. The second-order valence-electron chi connectivity index (χ2n) is 3.91. The van der Waals surface area contributed by atoms with Crippen molar-refractivity contribution in [2.75, 3.05) is 20.3 Å². The minimum Gasteiger partial charge on any atom is -0.493 e. The second-order valence-corrected chi connectivity index (χ2v) is 3.91. The van der Waals surface area contributed by atoms with Crippen LogP contribution >= 0.6 is 0 Å². The van der Waals surface area contributed by atoms with Crippen molar-refractivity contribution in [1.82, 2.24) is 9.78 Å². The van der Waals surface area contributed by atoms with Crippen LogP contribution in [0.3, 0.4) is 0 Å².